The van der Waals surface area contributed by atoms with Gasteiger partial charge in [0.15, 0.2) is 0 Å². The molecular weight excluding hydrogens is 340 g/mol. The summed E-state index contributed by atoms with van der Waals surface area (Å²) in [5.74, 6) is 0. The Morgan fingerprint density at radius 3 is 1.82 bits per heavy atom. The van der Waals surface area contributed by atoms with Crippen LogP contribution in [0.2, 0.25) is 0 Å². The lowest BCUT2D eigenvalue weighted by Crippen LogP contribution is -2.24. The average molecular weight is 360 g/mol. The van der Waals surface area contributed by atoms with Gasteiger partial charge in [0, 0.05) is 10.8 Å². The number of benzene rings is 5. The second-order valence-electron chi connectivity index (χ2n) is 6.81. The first-order valence-corrected chi connectivity index (χ1v) is 9.47. The van der Waals surface area contributed by atoms with Crippen LogP contribution in [0.25, 0.3) is 21.5 Å². The summed E-state index contributed by atoms with van der Waals surface area (Å²) in [6.07, 6.45) is 0. The Hall–Kier alpha value is -3.78. The summed E-state index contributed by atoms with van der Waals surface area (Å²) in [5, 5.41) is 7.02. The molecule has 2 heteroatoms. The maximum absolute atomic E-state index is 3.68. The van der Waals surface area contributed by atoms with Gasteiger partial charge in [0.1, 0.15) is 0 Å². The second kappa shape index (κ2) is 7.09. The number of hydrogen-bond acceptors (Lipinski definition) is 2. The van der Waals surface area contributed by atoms with Gasteiger partial charge in [0.25, 0.3) is 0 Å². The van der Waals surface area contributed by atoms with Gasteiger partial charge < -0.3 is 0 Å². The van der Waals surface area contributed by atoms with E-state index in [0.717, 1.165) is 17.1 Å². The molecule has 0 saturated carbocycles. The van der Waals surface area contributed by atoms with Crippen molar-refractivity contribution in [3.63, 3.8) is 0 Å². The zero-order valence-electron chi connectivity index (χ0n) is 15.4. The summed E-state index contributed by atoms with van der Waals surface area (Å²) in [4.78, 5) is 0. The summed E-state index contributed by atoms with van der Waals surface area (Å²) in [6.45, 7) is 0. The molecular formula is C26H20N2. The number of nitrogens with zero attached hydrogens (tertiary/aromatic N) is 1. The van der Waals surface area contributed by atoms with E-state index in [1.807, 2.05) is 6.07 Å². The van der Waals surface area contributed by atoms with Crippen LogP contribution in [0, 0.1) is 0 Å². The van der Waals surface area contributed by atoms with Crippen molar-refractivity contribution in [2.45, 2.75) is 0 Å². The molecule has 0 aromatic heterocycles. The van der Waals surface area contributed by atoms with Gasteiger partial charge in [-0.05, 0) is 35.0 Å². The van der Waals surface area contributed by atoms with Crippen LogP contribution in [0.4, 0.5) is 17.1 Å². The van der Waals surface area contributed by atoms with Crippen molar-refractivity contribution >= 4 is 38.6 Å². The quantitative estimate of drug-likeness (QED) is 0.342. The van der Waals surface area contributed by atoms with Crippen LogP contribution in [-0.4, -0.2) is 0 Å². The molecule has 5 rings (SSSR count). The van der Waals surface area contributed by atoms with Crippen molar-refractivity contribution < 1.29 is 0 Å². The van der Waals surface area contributed by atoms with Crippen LogP contribution in [0.5, 0.6) is 0 Å². The Kier molecular flexibility index (Phi) is 4.15. The molecule has 2 nitrogen and oxygen atoms in total. The van der Waals surface area contributed by atoms with Crippen LogP contribution in [-0.2, 0) is 0 Å². The largest absolute Gasteiger partial charge is 0.293 e. The predicted octanol–water partition coefficient (Wildman–Crippen LogP) is 7.16. The van der Waals surface area contributed by atoms with Crippen molar-refractivity contribution in [3.8, 4) is 0 Å². The fourth-order valence-electron chi connectivity index (χ4n) is 3.69. The van der Waals surface area contributed by atoms with Crippen molar-refractivity contribution in [2.24, 2.45) is 0 Å². The third kappa shape index (κ3) is 2.95. The Bertz CT molecular complexity index is 1230. The van der Waals surface area contributed by atoms with Crippen LogP contribution >= 0.6 is 0 Å². The van der Waals surface area contributed by atoms with E-state index in [2.05, 4.69) is 120 Å². The van der Waals surface area contributed by atoms with Gasteiger partial charge in [0.2, 0.25) is 0 Å². The molecule has 0 spiro atoms. The number of nitrogens with one attached hydrogen (secondary N) is 1. The minimum atomic E-state index is 1.08. The molecule has 28 heavy (non-hydrogen) atoms. The number of rotatable bonds is 4. The summed E-state index contributed by atoms with van der Waals surface area (Å²) in [5.41, 5.74) is 6.97. The van der Waals surface area contributed by atoms with E-state index in [4.69, 9.17) is 0 Å². The number of anilines is 3. The van der Waals surface area contributed by atoms with Crippen LogP contribution in [0.3, 0.4) is 0 Å². The molecule has 0 bridgehead atoms. The molecule has 0 aliphatic carbocycles. The van der Waals surface area contributed by atoms with Crippen LogP contribution < -0.4 is 10.4 Å². The van der Waals surface area contributed by atoms with E-state index in [9.17, 15) is 0 Å². The molecule has 0 fully saturated rings. The molecule has 134 valence electrons. The number of hydrogen-bond donors (Lipinski definition) is 1. The fraction of sp³-hybridized carbons (Fsp3) is 0. The molecule has 0 saturated heterocycles. The summed E-state index contributed by atoms with van der Waals surface area (Å²) in [6, 6.07) is 40.2. The van der Waals surface area contributed by atoms with Gasteiger partial charge in [-0.1, -0.05) is 91.0 Å². The molecule has 5 aromatic carbocycles. The van der Waals surface area contributed by atoms with Crippen LogP contribution in [0.15, 0.2) is 115 Å². The van der Waals surface area contributed by atoms with Crippen molar-refractivity contribution in [1.82, 2.24) is 0 Å². The SMILES string of the molecule is c1ccc(N(Nc2cccc3ccccc23)c2cccc3ccccc23)cc1. The molecule has 0 aliphatic heterocycles. The number of fused-ring (bicyclic) bond motifs is 2. The normalized spacial score (nSPS) is 10.9. The maximum Gasteiger partial charge on any atom is 0.0708 e. The van der Waals surface area contributed by atoms with Gasteiger partial charge in [0.05, 0.1) is 17.1 Å². The van der Waals surface area contributed by atoms with Crippen molar-refractivity contribution in [1.29, 1.82) is 0 Å². The lowest BCUT2D eigenvalue weighted by Gasteiger charge is -2.28. The van der Waals surface area contributed by atoms with Gasteiger partial charge in [-0.15, -0.1) is 0 Å². The highest BCUT2D eigenvalue weighted by Crippen LogP contribution is 2.34. The number of para-hydroxylation sites is 1. The monoisotopic (exact) mass is 360 g/mol. The topological polar surface area (TPSA) is 15.3 Å². The Balaban J connectivity index is 1.69. The van der Waals surface area contributed by atoms with Gasteiger partial charge >= 0.3 is 0 Å². The predicted molar refractivity (Wildman–Crippen MR) is 120 cm³/mol. The molecule has 0 heterocycles. The molecule has 1 N–H and O–H groups in total. The molecule has 5 aromatic rings. The van der Waals surface area contributed by atoms with E-state index in [0.29, 0.717) is 0 Å². The minimum Gasteiger partial charge on any atom is -0.293 e. The van der Waals surface area contributed by atoms with E-state index in [-0.39, 0.29) is 0 Å². The smallest absolute Gasteiger partial charge is 0.0708 e. The summed E-state index contributed by atoms with van der Waals surface area (Å²) < 4.78 is 0. The molecule has 0 radical (unpaired) electrons. The molecule has 0 unspecified atom stereocenters. The third-order valence-electron chi connectivity index (χ3n) is 5.04. The van der Waals surface area contributed by atoms with Gasteiger partial charge in [-0.25, -0.2) is 0 Å². The van der Waals surface area contributed by atoms with Crippen molar-refractivity contribution in [2.75, 3.05) is 10.4 Å². The first kappa shape index (κ1) is 16.4. The van der Waals surface area contributed by atoms with E-state index in [1.54, 1.807) is 0 Å². The van der Waals surface area contributed by atoms with Gasteiger partial charge in [-0.2, -0.15) is 0 Å². The van der Waals surface area contributed by atoms with E-state index < -0.39 is 0 Å². The fourth-order valence-corrected chi connectivity index (χ4v) is 3.69. The summed E-state index contributed by atoms with van der Waals surface area (Å²) >= 11 is 0. The zero-order chi connectivity index (χ0) is 18.8. The summed E-state index contributed by atoms with van der Waals surface area (Å²) in [7, 11) is 0. The Morgan fingerprint density at radius 1 is 0.464 bits per heavy atom. The first-order valence-electron chi connectivity index (χ1n) is 9.47. The minimum absolute atomic E-state index is 1.08. The highest BCUT2D eigenvalue weighted by atomic mass is 15.5. The molecule has 0 aliphatic rings. The maximum atomic E-state index is 3.68. The standard InChI is InChI=1S/C26H20N2/c1-2-14-22(15-3-1)28(26-19-9-13-21-11-5-7-17-24(21)26)27-25-18-8-12-20-10-4-6-16-23(20)25/h1-19,27H. The average Bonchev–Trinajstić information content (AvgIpc) is 2.78. The lowest BCUT2D eigenvalue weighted by molar-refractivity contribution is 1.18. The number of hydrazine groups is 1. The Labute approximate surface area is 164 Å². The van der Waals surface area contributed by atoms with Gasteiger partial charge in [-0.3, -0.25) is 10.4 Å². The lowest BCUT2D eigenvalue weighted by atomic mass is 10.1. The molecule has 0 amide bonds. The Morgan fingerprint density at radius 2 is 1.04 bits per heavy atom. The highest BCUT2D eigenvalue weighted by Gasteiger charge is 2.13. The van der Waals surface area contributed by atoms with E-state index >= 15 is 0 Å². The second-order valence-corrected chi connectivity index (χ2v) is 6.81. The first-order chi connectivity index (χ1) is 13.9. The third-order valence-corrected chi connectivity index (χ3v) is 5.04. The highest BCUT2D eigenvalue weighted by molar-refractivity contribution is 5.99. The van der Waals surface area contributed by atoms with Crippen molar-refractivity contribution in [3.05, 3.63) is 115 Å². The van der Waals surface area contributed by atoms with E-state index in [1.165, 1.54) is 21.5 Å². The van der Waals surface area contributed by atoms with Crippen LogP contribution in [0.1, 0.15) is 0 Å². The molecule has 0 atom stereocenters. The zero-order valence-corrected chi connectivity index (χ0v) is 15.4.